The molecule has 0 unspecified atom stereocenters. The van der Waals surface area contributed by atoms with Gasteiger partial charge in [-0.2, -0.15) is 5.26 Å². The number of aromatic nitrogens is 3. The molecule has 0 bridgehead atoms. The molecule has 3 aromatic rings. The van der Waals surface area contributed by atoms with Crippen molar-refractivity contribution in [1.29, 1.82) is 5.26 Å². The van der Waals surface area contributed by atoms with E-state index in [1.54, 1.807) is 11.8 Å². The second-order valence-electron chi connectivity index (χ2n) is 5.02. The van der Waals surface area contributed by atoms with Crippen LogP contribution in [0, 0.1) is 11.3 Å². The third-order valence-electron chi connectivity index (χ3n) is 3.74. The Balaban J connectivity index is 2.20. The number of nitriles is 1. The van der Waals surface area contributed by atoms with E-state index >= 15 is 0 Å². The second-order valence-corrected chi connectivity index (χ2v) is 5.02. The molecule has 0 amide bonds. The van der Waals surface area contributed by atoms with E-state index in [0.717, 1.165) is 29.0 Å². The molecular formula is C18H16N4O. The summed E-state index contributed by atoms with van der Waals surface area (Å²) in [7, 11) is 1.62. The molecule has 5 heteroatoms. The highest BCUT2D eigenvalue weighted by Gasteiger charge is 2.17. The summed E-state index contributed by atoms with van der Waals surface area (Å²) >= 11 is 0. The maximum Gasteiger partial charge on any atom is 0.191 e. The molecule has 0 aliphatic carbocycles. The first-order chi connectivity index (χ1) is 11.3. The van der Waals surface area contributed by atoms with Crippen LogP contribution in [-0.2, 0) is 6.42 Å². The molecule has 0 aliphatic heterocycles. The summed E-state index contributed by atoms with van der Waals surface area (Å²) in [6.45, 7) is 2.09. The van der Waals surface area contributed by atoms with E-state index < -0.39 is 0 Å². The monoisotopic (exact) mass is 304 g/mol. The standard InChI is InChI=1S/C18H16N4O/c1-3-13-6-4-5-7-17(13)22-18(16(12-19)20-21-22)14-8-10-15(23-2)11-9-14/h4-11H,3H2,1-2H3. The van der Waals surface area contributed by atoms with Crippen LogP contribution < -0.4 is 4.74 Å². The number of ether oxygens (including phenoxy) is 1. The molecule has 0 aliphatic rings. The van der Waals surface area contributed by atoms with Gasteiger partial charge in [-0.15, -0.1) is 5.10 Å². The van der Waals surface area contributed by atoms with Crippen molar-refractivity contribution in [2.24, 2.45) is 0 Å². The Labute approximate surface area is 134 Å². The summed E-state index contributed by atoms with van der Waals surface area (Å²) in [5.74, 6) is 0.764. The predicted molar refractivity (Wildman–Crippen MR) is 87.4 cm³/mol. The van der Waals surface area contributed by atoms with Crippen molar-refractivity contribution >= 4 is 0 Å². The molecule has 23 heavy (non-hydrogen) atoms. The molecule has 0 radical (unpaired) electrons. The van der Waals surface area contributed by atoms with Gasteiger partial charge in [0, 0.05) is 5.56 Å². The van der Waals surface area contributed by atoms with Crippen molar-refractivity contribution in [2.45, 2.75) is 13.3 Å². The van der Waals surface area contributed by atoms with Crippen LogP contribution in [0.4, 0.5) is 0 Å². The van der Waals surface area contributed by atoms with E-state index in [2.05, 4.69) is 29.4 Å². The normalized spacial score (nSPS) is 10.3. The average molecular weight is 304 g/mol. The van der Waals surface area contributed by atoms with Crippen LogP contribution in [0.3, 0.4) is 0 Å². The van der Waals surface area contributed by atoms with Crippen molar-refractivity contribution in [3.63, 3.8) is 0 Å². The molecule has 0 saturated carbocycles. The molecule has 2 aromatic carbocycles. The zero-order chi connectivity index (χ0) is 16.2. The second kappa shape index (κ2) is 6.32. The number of benzene rings is 2. The van der Waals surface area contributed by atoms with Crippen molar-refractivity contribution < 1.29 is 4.74 Å². The van der Waals surface area contributed by atoms with Gasteiger partial charge in [0.1, 0.15) is 17.5 Å². The number of aryl methyl sites for hydroxylation is 1. The van der Waals surface area contributed by atoms with E-state index in [-0.39, 0.29) is 0 Å². The first kappa shape index (κ1) is 14.8. The lowest BCUT2D eigenvalue weighted by Gasteiger charge is -2.11. The molecule has 0 fully saturated rings. The lowest BCUT2D eigenvalue weighted by molar-refractivity contribution is 0.415. The van der Waals surface area contributed by atoms with Gasteiger partial charge in [0.25, 0.3) is 0 Å². The summed E-state index contributed by atoms with van der Waals surface area (Å²) in [4.78, 5) is 0. The smallest absolute Gasteiger partial charge is 0.191 e. The van der Waals surface area contributed by atoms with Crippen LogP contribution in [-0.4, -0.2) is 22.1 Å². The summed E-state index contributed by atoms with van der Waals surface area (Å²) in [5, 5.41) is 17.6. The fraction of sp³-hybridized carbons (Fsp3) is 0.167. The highest BCUT2D eigenvalue weighted by atomic mass is 16.5. The maximum atomic E-state index is 9.38. The topological polar surface area (TPSA) is 63.7 Å². The Morgan fingerprint density at radius 1 is 1.13 bits per heavy atom. The Morgan fingerprint density at radius 3 is 2.52 bits per heavy atom. The van der Waals surface area contributed by atoms with Crippen LogP contribution >= 0.6 is 0 Å². The largest absolute Gasteiger partial charge is 0.497 e. The highest BCUT2D eigenvalue weighted by Crippen LogP contribution is 2.28. The molecular weight excluding hydrogens is 288 g/mol. The fourth-order valence-electron chi connectivity index (χ4n) is 2.55. The minimum atomic E-state index is 0.307. The Hall–Kier alpha value is -3.13. The van der Waals surface area contributed by atoms with Crippen LogP contribution in [0.15, 0.2) is 48.5 Å². The molecule has 114 valence electrons. The average Bonchev–Trinajstić information content (AvgIpc) is 3.05. The van der Waals surface area contributed by atoms with Crippen molar-refractivity contribution in [3.05, 3.63) is 59.8 Å². The Morgan fingerprint density at radius 2 is 1.87 bits per heavy atom. The summed E-state index contributed by atoms with van der Waals surface area (Å²) in [6, 6.07) is 17.7. The van der Waals surface area contributed by atoms with E-state index in [9.17, 15) is 5.26 Å². The van der Waals surface area contributed by atoms with Gasteiger partial charge in [-0.25, -0.2) is 4.68 Å². The van der Waals surface area contributed by atoms with Gasteiger partial charge in [0.05, 0.1) is 12.8 Å². The van der Waals surface area contributed by atoms with E-state index in [1.165, 1.54) is 0 Å². The number of hydrogen-bond donors (Lipinski definition) is 0. The van der Waals surface area contributed by atoms with Gasteiger partial charge in [-0.1, -0.05) is 30.3 Å². The quantitative estimate of drug-likeness (QED) is 0.741. The van der Waals surface area contributed by atoms with Crippen LogP contribution in [0.5, 0.6) is 5.75 Å². The molecule has 0 saturated heterocycles. The van der Waals surface area contributed by atoms with Crippen molar-refractivity contribution in [2.75, 3.05) is 7.11 Å². The number of nitrogens with zero attached hydrogens (tertiary/aromatic N) is 4. The fourth-order valence-corrected chi connectivity index (χ4v) is 2.55. The van der Waals surface area contributed by atoms with Crippen molar-refractivity contribution in [3.8, 4) is 28.8 Å². The third kappa shape index (κ3) is 2.67. The highest BCUT2D eigenvalue weighted by molar-refractivity contribution is 5.68. The lowest BCUT2D eigenvalue weighted by Crippen LogP contribution is -2.03. The van der Waals surface area contributed by atoms with Gasteiger partial charge in [-0.3, -0.25) is 0 Å². The summed E-state index contributed by atoms with van der Waals surface area (Å²) in [5.41, 5.74) is 3.96. The van der Waals surface area contributed by atoms with E-state index in [1.807, 2.05) is 42.5 Å². The molecule has 3 rings (SSSR count). The van der Waals surface area contributed by atoms with Gasteiger partial charge in [-0.05, 0) is 42.3 Å². The van der Waals surface area contributed by atoms with Gasteiger partial charge in [0.15, 0.2) is 5.69 Å². The zero-order valence-corrected chi connectivity index (χ0v) is 13.0. The predicted octanol–water partition coefficient (Wildman–Crippen LogP) is 3.38. The van der Waals surface area contributed by atoms with E-state index in [4.69, 9.17) is 4.74 Å². The SMILES string of the molecule is CCc1ccccc1-n1nnc(C#N)c1-c1ccc(OC)cc1. The molecule has 1 aromatic heterocycles. The molecule has 0 atom stereocenters. The number of para-hydroxylation sites is 1. The first-order valence-electron chi connectivity index (χ1n) is 7.37. The minimum absolute atomic E-state index is 0.307. The number of hydrogen-bond acceptors (Lipinski definition) is 4. The first-order valence-corrected chi connectivity index (χ1v) is 7.37. The maximum absolute atomic E-state index is 9.38. The van der Waals surface area contributed by atoms with E-state index in [0.29, 0.717) is 11.4 Å². The third-order valence-corrected chi connectivity index (χ3v) is 3.74. The zero-order valence-electron chi connectivity index (χ0n) is 13.0. The molecule has 0 spiro atoms. The van der Waals surface area contributed by atoms with Gasteiger partial charge < -0.3 is 4.74 Å². The van der Waals surface area contributed by atoms with Crippen LogP contribution in [0.2, 0.25) is 0 Å². The lowest BCUT2D eigenvalue weighted by atomic mass is 10.1. The molecule has 5 nitrogen and oxygen atoms in total. The van der Waals surface area contributed by atoms with Crippen molar-refractivity contribution in [1.82, 2.24) is 15.0 Å². The minimum Gasteiger partial charge on any atom is -0.497 e. The Bertz CT molecular complexity index is 859. The molecule has 1 heterocycles. The summed E-state index contributed by atoms with van der Waals surface area (Å²) < 4.78 is 6.93. The number of rotatable bonds is 4. The summed E-state index contributed by atoms with van der Waals surface area (Å²) in [6.07, 6.45) is 0.875. The van der Waals surface area contributed by atoms with Crippen LogP contribution in [0.1, 0.15) is 18.2 Å². The van der Waals surface area contributed by atoms with Gasteiger partial charge in [0.2, 0.25) is 0 Å². The Kier molecular flexibility index (Phi) is 4.07. The molecule has 0 N–H and O–H groups in total. The number of methoxy groups -OCH3 is 1. The van der Waals surface area contributed by atoms with Crippen LogP contribution in [0.25, 0.3) is 16.9 Å². The van der Waals surface area contributed by atoms with Gasteiger partial charge >= 0.3 is 0 Å².